The summed E-state index contributed by atoms with van der Waals surface area (Å²) in [5.74, 6) is -0.0371. The van der Waals surface area contributed by atoms with E-state index in [1.54, 1.807) is 14.0 Å². The normalized spacial score (nSPS) is 18.7. The number of aliphatic imine (C=N–C) groups is 3. The summed E-state index contributed by atoms with van der Waals surface area (Å²) in [6, 6.07) is 0. The summed E-state index contributed by atoms with van der Waals surface area (Å²) in [5.41, 5.74) is 4.83. The monoisotopic (exact) mass is 301 g/mol. The molecule has 8 heteroatoms. The fraction of sp³-hybridized carbons (Fsp3) is 0.462. The lowest BCUT2D eigenvalue weighted by Gasteiger charge is -2.07. The first kappa shape index (κ1) is 16.9. The van der Waals surface area contributed by atoms with Crippen LogP contribution >= 0.6 is 0 Å². The molecule has 0 radical (unpaired) electrons. The number of alkyl halides is 3. The van der Waals surface area contributed by atoms with Gasteiger partial charge in [-0.15, -0.1) is 0 Å². The molecule has 1 fully saturated rings. The number of allylic oxidation sites excluding steroid dienone is 3. The minimum absolute atomic E-state index is 0.00211. The van der Waals surface area contributed by atoms with Gasteiger partial charge in [0.2, 0.25) is 5.96 Å². The average Bonchev–Trinajstić information content (AvgIpc) is 3.24. The third kappa shape index (κ3) is 5.80. The third-order valence-electron chi connectivity index (χ3n) is 2.76. The first-order chi connectivity index (χ1) is 9.77. The van der Waals surface area contributed by atoms with E-state index >= 15 is 0 Å². The summed E-state index contributed by atoms with van der Waals surface area (Å²) in [6.07, 6.45) is -0.717. The standard InChI is InChI=1S/C13H18F3N5/c1-8(18-2)7-20-12(19-3)21-10(9-4-5-9)6-11(17)13(14,15)16/h6-7,9,18H,3-5,17H2,1-2H3/b8-7+,11-6?,20-12?,21-10?. The van der Waals surface area contributed by atoms with Crippen LogP contribution in [0.3, 0.4) is 0 Å². The van der Waals surface area contributed by atoms with Crippen LogP contribution in [0.4, 0.5) is 13.2 Å². The summed E-state index contributed by atoms with van der Waals surface area (Å²) in [4.78, 5) is 11.6. The maximum absolute atomic E-state index is 12.5. The van der Waals surface area contributed by atoms with Crippen molar-refractivity contribution >= 4 is 18.4 Å². The Balaban J connectivity index is 3.06. The zero-order valence-electron chi connectivity index (χ0n) is 11.9. The van der Waals surface area contributed by atoms with Gasteiger partial charge in [-0.3, -0.25) is 0 Å². The number of nitrogens with zero attached hydrogens (tertiary/aromatic N) is 3. The Morgan fingerprint density at radius 1 is 1.38 bits per heavy atom. The smallest absolute Gasteiger partial charge is 0.395 e. The number of hydrogen-bond acceptors (Lipinski definition) is 3. The average molecular weight is 301 g/mol. The van der Waals surface area contributed by atoms with E-state index in [1.165, 1.54) is 6.20 Å². The predicted molar refractivity (Wildman–Crippen MR) is 78.3 cm³/mol. The van der Waals surface area contributed by atoms with Gasteiger partial charge in [0.15, 0.2) is 0 Å². The lowest BCUT2D eigenvalue weighted by atomic mass is 10.2. The summed E-state index contributed by atoms with van der Waals surface area (Å²) >= 11 is 0. The van der Waals surface area contributed by atoms with Crippen molar-refractivity contribution < 1.29 is 13.2 Å². The molecule has 0 heterocycles. The molecule has 0 aliphatic heterocycles. The van der Waals surface area contributed by atoms with Gasteiger partial charge in [0, 0.05) is 30.6 Å². The van der Waals surface area contributed by atoms with E-state index in [-0.39, 0.29) is 17.6 Å². The number of nitrogens with one attached hydrogen (secondary N) is 1. The molecule has 0 aromatic heterocycles. The zero-order chi connectivity index (χ0) is 16.0. The highest BCUT2D eigenvalue weighted by molar-refractivity contribution is 6.06. The Bertz CT molecular complexity index is 510. The van der Waals surface area contributed by atoms with Crippen LogP contribution in [-0.4, -0.2) is 31.6 Å². The quantitative estimate of drug-likeness (QED) is 0.618. The number of rotatable bonds is 4. The Labute approximate surface area is 121 Å². The molecule has 1 aliphatic rings. The SMILES string of the molecule is C=NC(=N/C=C(\C)NC)N=C(C=C(N)C(F)(F)F)C1CC1. The third-order valence-corrected chi connectivity index (χ3v) is 2.76. The highest BCUT2D eigenvalue weighted by Crippen LogP contribution is 2.32. The summed E-state index contributed by atoms with van der Waals surface area (Å²) in [5, 5.41) is 2.85. The van der Waals surface area contributed by atoms with Gasteiger partial charge in [0.25, 0.3) is 0 Å². The fourth-order valence-corrected chi connectivity index (χ4v) is 1.30. The van der Waals surface area contributed by atoms with Gasteiger partial charge >= 0.3 is 6.18 Å². The Morgan fingerprint density at radius 3 is 2.43 bits per heavy atom. The molecule has 0 unspecified atom stereocenters. The van der Waals surface area contributed by atoms with Crippen LogP contribution in [0, 0.1) is 5.92 Å². The summed E-state index contributed by atoms with van der Waals surface area (Å²) in [7, 11) is 1.72. The van der Waals surface area contributed by atoms with E-state index in [1.807, 2.05) is 0 Å². The van der Waals surface area contributed by atoms with Crippen molar-refractivity contribution in [3.05, 3.63) is 23.7 Å². The zero-order valence-corrected chi connectivity index (χ0v) is 11.9. The molecule has 21 heavy (non-hydrogen) atoms. The van der Waals surface area contributed by atoms with Crippen molar-refractivity contribution in [3.63, 3.8) is 0 Å². The highest BCUT2D eigenvalue weighted by atomic mass is 19.4. The number of halogens is 3. The van der Waals surface area contributed by atoms with Crippen molar-refractivity contribution in [3.8, 4) is 0 Å². The van der Waals surface area contributed by atoms with E-state index in [9.17, 15) is 13.2 Å². The summed E-state index contributed by atoms with van der Waals surface area (Å²) in [6.45, 7) is 5.09. The van der Waals surface area contributed by atoms with Gasteiger partial charge in [-0.05, 0) is 32.6 Å². The van der Waals surface area contributed by atoms with E-state index in [0.29, 0.717) is 0 Å². The molecule has 0 atom stereocenters. The van der Waals surface area contributed by atoms with Crippen LogP contribution in [0.1, 0.15) is 19.8 Å². The molecule has 0 aromatic rings. The van der Waals surface area contributed by atoms with E-state index in [2.05, 4.69) is 27.0 Å². The van der Waals surface area contributed by atoms with Gasteiger partial charge in [-0.2, -0.15) is 13.2 Å². The fourth-order valence-electron chi connectivity index (χ4n) is 1.30. The predicted octanol–water partition coefficient (Wildman–Crippen LogP) is 2.38. The largest absolute Gasteiger partial charge is 0.430 e. The van der Waals surface area contributed by atoms with Gasteiger partial charge in [-0.1, -0.05) is 0 Å². The molecule has 0 aromatic carbocycles. The molecular weight excluding hydrogens is 283 g/mol. The lowest BCUT2D eigenvalue weighted by molar-refractivity contribution is -0.0925. The van der Waals surface area contributed by atoms with E-state index in [4.69, 9.17) is 5.73 Å². The van der Waals surface area contributed by atoms with Crippen LogP contribution < -0.4 is 11.1 Å². The molecule has 1 aliphatic carbocycles. The molecule has 3 N–H and O–H groups in total. The van der Waals surface area contributed by atoms with Crippen LogP contribution in [-0.2, 0) is 0 Å². The number of hydrogen-bond donors (Lipinski definition) is 2. The second-order valence-electron chi connectivity index (χ2n) is 4.56. The van der Waals surface area contributed by atoms with Gasteiger partial charge in [-0.25, -0.2) is 15.0 Å². The number of guanidine groups is 1. The molecule has 116 valence electrons. The minimum atomic E-state index is -4.57. The molecule has 0 bridgehead atoms. The van der Waals surface area contributed by atoms with Crippen molar-refractivity contribution in [1.29, 1.82) is 0 Å². The van der Waals surface area contributed by atoms with Crippen molar-refractivity contribution in [1.82, 2.24) is 5.32 Å². The van der Waals surface area contributed by atoms with E-state index < -0.39 is 11.9 Å². The van der Waals surface area contributed by atoms with Crippen molar-refractivity contribution in [2.24, 2.45) is 26.6 Å². The molecule has 5 nitrogen and oxygen atoms in total. The second-order valence-corrected chi connectivity index (χ2v) is 4.56. The Morgan fingerprint density at radius 2 is 2.00 bits per heavy atom. The van der Waals surface area contributed by atoms with Crippen molar-refractivity contribution in [2.45, 2.75) is 25.9 Å². The summed E-state index contributed by atoms with van der Waals surface area (Å²) < 4.78 is 37.4. The molecule has 0 spiro atoms. The Kier molecular flexibility index (Phi) is 5.69. The first-order valence-corrected chi connectivity index (χ1v) is 6.30. The van der Waals surface area contributed by atoms with E-state index in [0.717, 1.165) is 24.6 Å². The molecular formula is C13H18F3N5. The molecule has 0 amide bonds. The molecule has 1 saturated carbocycles. The Hall–Kier alpha value is -2.12. The van der Waals surface area contributed by atoms with Crippen LogP contribution in [0.5, 0.6) is 0 Å². The maximum Gasteiger partial charge on any atom is 0.430 e. The van der Waals surface area contributed by atoms with Gasteiger partial charge < -0.3 is 11.1 Å². The number of nitrogens with two attached hydrogens (primary N) is 1. The van der Waals surface area contributed by atoms with Gasteiger partial charge in [0.1, 0.15) is 5.70 Å². The lowest BCUT2D eigenvalue weighted by Crippen LogP contribution is -2.21. The van der Waals surface area contributed by atoms with Crippen molar-refractivity contribution in [2.75, 3.05) is 7.05 Å². The minimum Gasteiger partial charge on any atom is -0.395 e. The first-order valence-electron chi connectivity index (χ1n) is 6.30. The highest BCUT2D eigenvalue weighted by Gasteiger charge is 2.34. The van der Waals surface area contributed by atoms with Crippen LogP contribution in [0.2, 0.25) is 0 Å². The van der Waals surface area contributed by atoms with Gasteiger partial charge in [0.05, 0.1) is 0 Å². The molecule has 1 rings (SSSR count). The van der Waals surface area contributed by atoms with Crippen LogP contribution in [0.15, 0.2) is 38.6 Å². The topological polar surface area (TPSA) is 75.1 Å². The maximum atomic E-state index is 12.5. The second kappa shape index (κ2) is 7.05. The molecule has 0 saturated heterocycles. The van der Waals surface area contributed by atoms with Crippen LogP contribution in [0.25, 0.3) is 0 Å².